The highest BCUT2D eigenvalue weighted by Gasteiger charge is 2.38. The second kappa shape index (κ2) is 7.31. The Morgan fingerprint density at radius 2 is 1.68 bits per heavy atom. The summed E-state index contributed by atoms with van der Waals surface area (Å²) in [5.41, 5.74) is 1.08. The van der Waals surface area contributed by atoms with Crippen molar-refractivity contribution in [3.63, 3.8) is 0 Å². The van der Waals surface area contributed by atoms with Gasteiger partial charge in [0.1, 0.15) is 0 Å². The number of hydrogen-bond donors (Lipinski definition) is 3. The molecule has 1 fully saturated rings. The van der Waals surface area contributed by atoms with Crippen molar-refractivity contribution in [3.05, 3.63) is 24.3 Å². The highest BCUT2D eigenvalue weighted by molar-refractivity contribution is 6.39. The minimum absolute atomic E-state index is 0.0606. The van der Waals surface area contributed by atoms with Gasteiger partial charge in [-0.1, -0.05) is 0 Å². The Morgan fingerprint density at radius 3 is 2.21 bits per heavy atom. The van der Waals surface area contributed by atoms with E-state index in [-0.39, 0.29) is 17.1 Å². The first kappa shape index (κ1) is 19.9. The fraction of sp³-hybridized carbons (Fsp3) is 0.526. The summed E-state index contributed by atoms with van der Waals surface area (Å²) in [5, 5.41) is 20.9. The SMILES string of the molecule is Cn1nnc(-c2ccc(NC(=O)C(=O)NC3CC(C)(C)NC(C)(C)C3)cc2)n1. The predicted octanol–water partition coefficient (Wildman–Crippen LogP) is 1.24. The highest BCUT2D eigenvalue weighted by Crippen LogP contribution is 2.28. The van der Waals surface area contributed by atoms with E-state index in [1.165, 1.54) is 4.80 Å². The molecule has 0 radical (unpaired) electrons. The number of carbonyl (C=O) groups excluding carboxylic acids is 2. The molecule has 2 aromatic rings. The first-order valence-corrected chi connectivity index (χ1v) is 9.29. The van der Waals surface area contributed by atoms with Crippen LogP contribution >= 0.6 is 0 Å². The average Bonchev–Trinajstić information content (AvgIpc) is 2.99. The maximum Gasteiger partial charge on any atom is 0.313 e. The van der Waals surface area contributed by atoms with Crippen LogP contribution in [0.3, 0.4) is 0 Å². The normalized spacial score (nSPS) is 18.5. The molecule has 3 rings (SSSR count). The van der Waals surface area contributed by atoms with Gasteiger partial charge in [0.25, 0.3) is 0 Å². The summed E-state index contributed by atoms with van der Waals surface area (Å²) < 4.78 is 0. The zero-order chi connectivity index (χ0) is 20.5. The molecule has 0 aliphatic carbocycles. The van der Waals surface area contributed by atoms with Crippen LogP contribution in [0.4, 0.5) is 5.69 Å². The van der Waals surface area contributed by atoms with Crippen molar-refractivity contribution in [3.8, 4) is 11.4 Å². The van der Waals surface area contributed by atoms with Gasteiger partial charge in [0.05, 0.1) is 7.05 Å². The first-order chi connectivity index (χ1) is 13.0. The Kier molecular flexibility index (Phi) is 5.20. The molecule has 3 N–H and O–H groups in total. The molecule has 1 aromatic carbocycles. The molecule has 2 amide bonds. The number of nitrogens with zero attached hydrogens (tertiary/aromatic N) is 4. The lowest BCUT2D eigenvalue weighted by atomic mass is 9.79. The van der Waals surface area contributed by atoms with Gasteiger partial charge in [-0.05, 0) is 70.0 Å². The standard InChI is InChI=1S/C19H27N7O2/c1-18(2)10-14(11-19(3,4)24-18)21-17(28)16(27)20-13-8-6-12(7-9-13)15-22-25-26(5)23-15/h6-9,14,24H,10-11H2,1-5H3,(H,20,27)(H,21,28). The highest BCUT2D eigenvalue weighted by atomic mass is 16.2. The van der Waals surface area contributed by atoms with Crippen LogP contribution in [0.5, 0.6) is 0 Å². The number of aromatic nitrogens is 4. The topological polar surface area (TPSA) is 114 Å². The van der Waals surface area contributed by atoms with Crippen molar-refractivity contribution in [2.75, 3.05) is 5.32 Å². The Hall–Kier alpha value is -2.81. The van der Waals surface area contributed by atoms with Crippen LogP contribution in [0.25, 0.3) is 11.4 Å². The van der Waals surface area contributed by atoms with Gasteiger partial charge in [-0.25, -0.2) is 0 Å². The Morgan fingerprint density at radius 1 is 1.07 bits per heavy atom. The maximum absolute atomic E-state index is 12.4. The molecule has 150 valence electrons. The van der Waals surface area contributed by atoms with Crippen molar-refractivity contribution in [2.24, 2.45) is 7.05 Å². The molecule has 9 heteroatoms. The summed E-state index contributed by atoms with van der Waals surface area (Å²) in [5.74, 6) is -0.813. The fourth-order valence-corrected chi connectivity index (χ4v) is 3.97. The zero-order valence-corrected chi connectivity index (χ0v) is 16.9. The third-order valence-electron chi connectivity index (χ3n) is 4.64. The van der Waals surface area contributed by atoms with E-state index in [9.17, 15) is 9.59 Å². The van der Waals surface area contributed by atoms with E-state index >= 15 is 0 Å². The number of benzene rings is 1. The number of tetrazole rings is 1. The van der Waals surface area contributed by atoms with Crippen LogP contribution in [-0.4, -0.2) is 49.1 Å². The van der Waals surface area contributed by atoms with E-state index in [0.717, 1.165) is 18.4 Å². The number of hydrogen-bond acceptors (Lipinski definition) is 6. The number of carbonyl (C=O) groups is 2. The van der Waals surface area contributed by atoms with E-state index in [2.05, 4.69) is 59.1 Å². The summed E-state index contributed by atoms with van der Waals surface area (Å²) >= 11 is 0. The largest absolute Gasteiger partial charge is 0.345 e. The number of rotatable bonds is 3. The minimum Gasteiger partial charge on any atom is -0.345 e. The lowest BCUT2D eigenvalue weighted by molar-refractivity contribution is -0.137. The number of aryl methyl sites for hydroxylation is 1. The molecule has 1 aromatic heterocycles. The van der Waals surface area contributed by atoms with Gasteiger partial charge in [0, 0.05) is 28.4 Å². The van der Waals surface area contributed by atoms with E-state index in [1.54, 1.807) is 31.3 Å². The van der Waals surface area contributed by atoms with Crippen molar-refractivity contribution < 1.29 is 9.59 Å². The number of anilines is 1. The molecule has 0 saturated carbocycles. The smallest absolute Gasteiger partial charge is 0.313 e. The summed E-state index contributed by atoms with van der Waals surface area (Å²) in [6.07, 6.45) is 1.52. The van der Waals surface area contributed by atoms with Gasteiger partial charge in [-0.2, -0.15) is 4.80 Å². The van der Waals surface area contributed by atoms with E-state index in [1.807, 2.05) is 0 Å². The van der Waals surface area contributed by atoms with Gasteiger partial charge in [-0.3, -0.25) is 9.59 Å². The Bertz CT molecular complexity index is 855. The van der Waals surface area contributed by atoms with Gasteiger partial charge >= 0.3 is 11.8 Å². The molecule has 1 aliphatic rings. The van der Waals surface area contributed by atoms with E-state index in [4.69, 9.17) is 0 Å². The molecule has 9 nitrogen and oxygen atoms in total. The fourth-order valence-electron chi connectivity index (χ4n) is 3.97. The van der Waals surface area contributed by atoms with Crippen molar-refractivity contribution in [2.45, 2.75) is 57.7 Å². The van der Waals surface area contributed by atoms with Gasteiger partial charge < -0.3 is 16.0 Å². The van der Waals surface area contributed by atoms with Gasteiger partial charge in [0.15, 0.2) is 0 Å². The van der Waals surface area contributed by atoms with E-state index in [0.29, 0.717) is 11.5 Å². The van der Waals surface area contributed by atoms with Crippen molar-refractivity contribution in [1.82, 2.24) is 30.8 Å². The Balaban J connectivity index is 1.59. The average molecular weight is 385 g/mol. The molecular weight excluding hydrogens is 358 g/mol. The quantitative estimate of drug-likeness (QED) is 0.685. The lowest BCUT2D eigenvalue weighted by Gasteiger charge is -2.46. The second-order valence-electron chi connectivity index (χ2n) is 8.61. The molecule has 1 saturated heterocycles. The molecular formula is C19H27N7O2. The monoisotopic (exact) mass is 385 g/mol. The summed E-state index contributed by atoms with van der Waals surface area (Å²) in [6.45, 7) is 8.39. The summed E-state index contributed by atoms with van der Waals surface area (Å²) in [4.78, 5) is 26.0. The van der Waals surface area contributed by atoms with Crippen LogP contribution in [0.15, 0.2) is 24.3 Å². The molecule has 2 heterocycles. The van der Waals surface area contributed by atoms with Gasteiger partial charge in [0.2, 0.25) is 5.82 Å². The minimum atomic E-state index is -0.681. The predicted molar refractivity (Wildman–Crippen MR) is 105 cm³/mol. The maximum atomic E-state index is 12.4. The van der Waals surface area contributed by atoms with Gasteiger partial charge in [-0.15, -0.1) is 10.2 Å². The third-order valence-corrected chi connectivity index (χ3v) is 4.64. The number of amides is 2. The van der Waals surface area contributed by atoms with Crippen LogP contribution in [-0.2, 0) is 16.6 Å². The summed E-state index contributed by atoms with van der Waals surface area (Å²) in [7, 11) is 1.69. The molecule has 28 heavy (non-hydrogen) atoms. The van der Waals surface area contributed by atoms with Crippen LogP contribution in [0.1, 0.15) is 40.5 Å². The van der Waals surface area contributed by atoms with Crippen LogP contribution in [0.2, 0.25) is 0 Å². The Labute approximate surface area is 164 Å². The first-order valence-electron chi connectivity index (χ1n) is 9.29. The summed E-state index contributed by atoms with van der Waals surface area (Å²) in [6, 6.07) is 6.88. The van der Waals surface area contributed by atoms with Crippen LogP contribution < -0.4 is 16.0 Å². The molecule has 0 bridgehead atoms. The number of piperidine rings is 1. The van der Waals surface area contributed by atoms with Crippen LogP contribution in [0, 0.1) is 0 Å². The molecule has 1 aliphatic heterocycles. The van der Waals surface area contributed by atoms with Crippen molar-refractivity contribution in [1.29, 1.82) is 0 Å². The molecule has 0 unspecified atom stereocenters. The number of nitrogens with one attached hydrogen (secondary N) is 3. The second-order valence-corrected chi connectivity index (χ2v) is 8.61. The molecule has 0 spiro atoms. The molecule has 0 atom stereocenters. The van der Waals surface area contributed by atoms with Crippen molar-refractivity contribution >= 4 is 17.5 Å². The lowest BCUT2D eigenvalue weighted by Crippen LogP contribution is -2.62. The zero-order valence-electron chi connectivity index (χ0n) is 16.9. The van der Waals surface area contributed by atoms with E-state index < -0.39 is 11.8 Å². The third kappa shape index (κ3) is 4.92.